The maximum absolute atomic E-state index is 11.8. The molecule has 0 saturated carbocycles. The van der Waals surface area contributed by atoms with Crippen molar-refractivity contribution in [3.8, 4) is 0 Å². The number of hydrogen-bond acceptors (Lipinski definition) is 2. The van der Waals surface area contributed by atoms with E-state index in [9.17, 15) is 4.79 Å². The summed E-state index contributed by atoms with van der Waals surface area (Å²) in [4.78, 5) is 11.8. The third kappa shape index (κ3) is 4.75. The predicted molar refractivity (Wildman–Crippen MR) is 69.3 cm³/mol. The van der Waals surface area contributed by atoms with E-state index >= 15 is 0 Å². The average molecular weight is 256 g/mol. The van der Waals surface area contributed by atoms with Crippen LogP contribution in [0.1, 0.15) is 30.6 Å². The molecule has 0 unspecified atom stereocenters. The van der Waals surface area contributed by atoms with Gasteiger partial charge in [0.1, 0.15) is 0 Å². The number of carbonyl (C=O) groups is 1. The van der Waals surface area contributed by atoms with Crippen LogP contribution in [-0.4, -0.2) is 24.2 Å². The minimum absolute atomic E-state index is 0.100. The van der Waals surface area contributed by atoms with Gasteiger partial charge in [-0.15, -0.1) is 0 Å². The fourth-order valence-electron chi connectivity index (χ4n) is 1.41. The topological polar surface area (TPSA) is 49.3 Å². The van der Waals surface area contributed by atoms with Gasteiger partial charge < -0.3 is 10.4 Å². The third-order valence-corrected chi connectivity index (χ3v) is 2.87. The Kier molecular flexibility index (Phi) is 4.97. The molecule has 1 aromatic rings. The Hall–Kier alpha value is -1.06. The van der Waals surface area contributed by atoms with Crippen LogP contribution in [0.15, 0.2) is 24.3 Å². The Labute approximate surface area is 107 Å². The van der Waals surface area contributed by atoms with Gasteiger partial charge in [0, 0.05) is 23.7 Å². The summed E-state index contributed by atoms with van der Waals surface area (Å²) in [6, 6.07) is 6.76. The number of nitrogens with one attached hydrogen (secondary N) is 1. The van der Waals surface area contributed by atoms with Gasteiger partial charge in [-0.3, -0.25) is 4.79 Å². The van der Waals surface area contributed by atoms with Crippen LogP contribution in [0.4, 0.5) is 0 Å². The lowest BCUT2D eigenvalue weighted by molar-refractivity contribution is 0.0928. The Morgan fingerprint density at radius 1 is 1.35 bits per heavy atom. The molecule has 94 valence electrons. The lowest BCUT2D eigenvalue weighted by atomic mass is 9.89. The van der Waals surface area contributed by atoms with E-state index in [1.54, 1.807) is 24.3 Å². The van der Waals surface area contributed by atoms with E-state index in [0.717, 1.165) is 0 Å². The van der Waals surface area contributed by atoms with Crippen molar-refractivity contribution in [3.05, 3.63) is 34.9 Å². The highest BCUT2D eigenvalue weighted by atomic mass is 35.5. The van der Waals surface area contributed by atoms with E-state index in [4.69, 9.17) is 16.7 Å². The molecule has 3 nitrogen and oxygen atoms in total. The molecule has 0 aliphatic heterocycles. The van der Waals surface area contributed by atoms with Gasteiger partial charge in [0.15, 0.2) is 0 Å². The van der Waals surface area contributed by atoms with Crippen molar-refractivity contribution in [2.45, 2.75) is 20.3 Å². The summed E-state index contributed by atoms with van der Waals surface area (Å²) in [6.45, 7) is 4.68. The van der Waals surface area contributed by atoms with Gasteiger partial charge in [-0.1, -0.05) is 25.4 Å². The van der Waals surface area contributed by atoms with E-state index in [-0.39, 0.29) is 17.9 Å². The van der Waals surface area contributed by atoms with Crippen LogP contribution in [0, 0.1) is 5.41 Å². The standard InChI is InChI=1S/C13H18ClNO2/c1-13(2,7-8-16)9-15-12(17)10-3-5-11(14)6-4-10/h3-6,16H,7-9H2,1-2H3,(H,15,17). The monoisotopic (exact) mass is 255 g/mol. The van der Waals surface area contributed by atoms with E-state index in [0.29, 0.717) is 23.6 Å². The zero-order chi connectivity index (χ0) is 12.9. The zero-order valence-corrected chi connectivity index (χ0v) is 10.9. The van der Waals surface area contributed by atoms with E-state index < -0.39 is 0 Å². The molecule has 17 heavy (non-hydrogen) atoms. The molecule has 0 heterocycles. The van der Waals surface area contributed by atoms with Crippen molar-refractivity contribution in [1.82, 2.24) is 5.32 Å². The molecule has 0 aromatic heterocycles. The second-order valence-electron chi connectivity index (χ2n) is 4.83. The van der Waals surface area contributed by atoms with Gasteiger partial charge in [-0.2, -0.15) is 0 Å². The van der Waals surface area contributed by atoms with Crippen molar-refractivity contribution in [1.29, 1.82) is 0 Å². The van der Waals surface area contributed by atoms with Gasteiger partial charge in [-0.05, 0) is 36.1 Å². The second-order valence-corrected chi connectivity index (χ2v) is 5.26. The molecule has 0 atom stereocenters. The number of hydrogen-bond donors (Lipinski definition) is 2. The molecule has 2 N–H and O–H groups in total. The number of amides is 1. The van der Waals surface area contributed by atoms with Crippen molar-refractivity contribution >= 4 is 17.5 Å². The van der Waals surface area contributed by atoms with Gasteiger partial charge in [-0.25, -0.2) is 0 Å². The quantitative estimate of drug-likeness (QED) is 0.849. The van der Waals surface area contributed by atoms with E-state index in [2.05, 4.69) is 5.32 Å². The summed E-state index contributed by atoms with van der Waals surface area (Å²) in [5, 5.41) is 12.4. The fraction of sp³-hybridized carbons (Fsp3) is 0.462. The van der Waals surface area contributed by atoms with Gasteiger partial charge in [0.05, 0.1) is 0 Å². The molecular formula is C13H18ClNO2. The van der Waals surface area contributed by atoms with Crippen molar-refractivity contribution in [2.75, 3.05) is 13.2 Å². The highest BCUT2D eigenvalue weighted by Crippen LogP contribution is 2.18. The first-order valence-electron chi connectivity index (χ1n) is 5.59. The molecule has 0 bridgehead atoms. The van der Waals surface area contributed by atoms with Gasteiger partial charge >= 0.3 is 0 Å². The number of aliphatic hydroxyl groups is 1. The largest absolute Gasteiger partial charge is 0.396 e. The second kappa shape index (κ2) is 6.03. The zero-order valence-electron chi connectivity index (χ0n) is 10.2. The summed E-state index contributed by atoms with van der Waals surface area (Å²) in [6.07, 6.45) is 0.661. The smallest absolute Gasteiger partial charge is 0.251 e. The highest BCUT2D eigenvalue weighted by molar-refractivity contribution is 6.30. The summed E-state index contributed by atoms with van der Waals surface area (Å²) >= 11 is 5.75. The summed E-state index contributed by atoms with van der Waals surface area (Å²) in [5.74, 6) is -0.118. The molecule has 0 spiro atoms. The van der Waals surface area contributed by atoms with Crippen LogP contribution in [0.2, 0.25) is 5.02 Å². The van der Waals surface area contributed by atoms with E-state index in [1.807, 2.05) is 13.8 Å². The molecule has 0 aliphatic rings. The van der Waals surface area contributed by atoms with Crippen LogP contribution in [0.25, 0.3) is 0 Å². The summed E-state index contributed by atoms with van der Waals surface area (Å²) in [5.41, 5.74) is 0.491. The Morgan fingerprint density at radius 2 is 1.94 bits per heavy atom. The Morgan fingerprint density at radius 3 is 2.47 bits per heavy atom. The Bertz CT molecular complexity index is 374. The predicted octanol–water partition coefficient (Wildman–Crippen LogP) is 2.48. The molecule has 0 radical (unpaired) electrons. The van der Waals surface area contributed by atoms with Crippen LogP contribution in [0.5, 0.6) is 0 Å². The van der Waals surface area contributed by atoms with Crippen LogP contribution < -0.4 is 5.32 Å². The van der Waals surface area contributed by atoms with Gasteiger partial charge in [0.25, 0.3) is 5.91 Å². The minimum atomic E-state index is -0.118. The molecule has 1 rings (SSSR count). The van der Waals surface area contributed by atoms with E-state index in [1.165, 1.54) is 0 Å². The van der Waals surface area contributed by atoms with Crippen LogP contribution in [0.3, 0.4) is 0 Å². The van der Waals surface area contributed by atoms with Crippen molar-refractivity contribution < 1.29 is 9.90 Å². The first kappa shape index (κ1) is 14.0. The number of carbonyl (C=O) groups excluding carboxylic acids is 1. The molecule has 1 amide bonds. The average Bonchev–Trinajstić information content (AvgIpc) is 2.27. The SMILES string of the molecule is CC(C)(CCO)CNC(=O)c1ccc(Cl)cc1. The fourth-order valence-corrected chi connectivity index (χ4v) is 1.54. The summed E-state index contributed by atoms with van der Waals surface area (Å²) in [7, 11) is 0. The number of benzene rings is 1. The number of rotatable bonds is 5. The van der Waals surface area contributed by atoms with Gasteiger partial charge in [0.2, 0.25) is 0 Å². The maximum Gasteiger partial charge on any atom is 0.251 e. The first-order chi connectivity index (χ1) is 7.94. The maximum atomic E-state index is 11.8. The lowest BCUT2D eigenvalue weighted by Crippen LogP contribution is -2.34. The van der Waals surface area contributed by atoms with Crippen molar-refractivity contribution in [3.63, 3.8) is 0 Å². The number of aliphatic hydroxyl groups excluding tert-OH is 1. The molecular weight excluding hydrogens is 238 g/mol. The third-order valence-electron chi connectivity index (χ3n) is 2.62. The molecule has 1 aromatic carbocycles. The molecule has 0 saturated heterocycles. The highest BCUT2D eigenvalue weighted by Gasteiger charge is 2.18. The van der Waals surface area contributed by atoms with Crippen LogP contribution in [-0.2, 0) is 0 Å². The minimum Gasteiger partial charge on any atom is -0.396 e. The molecule has 4 heteroatoms. The first-order valence-corrected chi connectivity index (χ1v) is 5.97. The van der Waals surface area contributed by atoms with Crippen LogP contribution >= 0.6 is 11.6 Å². The normalized spacial score (nSPS) is 11.3. The number of halogens is 1. The summed E-state index contributed by atoms with van der Waals surface area (Å²) < 4.78 is 0. The molecule has 0 aliphatic carbocycles. The van der Waals surface area contributed by atoms with Crippen molar-refractivity contribution in [2.24, 2.45) is 5.41 Å². The lowest BCUT2D eigenvalue weighted by Gasteiger charge is -2.23. The molecule has 0 fully saturated rings. The Balaban J connectivity index is 2.53.